The number of hydrogen-bond acceptors (Lipinski definition) is 1. The third kappa shape index (κ3) is 3.75. The van der Waals surface area contributed by atoms with Crippen LogP contribution in [-0.4, -0.2) is 21.1 Å². The summed E-state index contributed by atoms with van der Waals surface area (Å²) < 4.78 is 0.785. The van der Waals surface area contributed by atoms with Gasteiger partial charge in [-0.1, -0.05) is 18.7 Å². The van der Waals surface area contributed by atoms with Crippen LogP contribution in [0.3, 0.4) is 0 Å². The summed E-state index contributed by atoms with van der Waals surface area (Å²) in [6.07, 6.45) is 3.95. The average molecular weight is 231 g/mol. The van der Waals surface area contributed by atoms with Crippen LogP contribution in [0.5, 0.6) is 0 Å². The molecule has 2 heteroatoms. The molecule has 2 nitrogen and oxygen atoms in total. The second kappa shape index (κ2) is 5.19. The first kappa shape index (κ1) is 13.5. The van der Waals surface area contributed by atoms with Crippen molar-refractivity contribution in [1.29, 1.82) is 0 Å². The predicted molar refractivity (Wildman–Crippen MR) is 78.3 cm³/mol. The fraction of sp³-hybridized carbons (Fsp3) is 0.333. The zero-order valence-corrected chi connectivity index (χ0v) is 11.5. The van der Waals surface area contributed by atoms with Crippen molar-refractivity contribution in [1.82, 2.24) is 4.48 Å². The standard InChI is InChI=1S/C15H23N2/c1-7-8-13(3)16-14-10-9-12(2)11-15(14)17(4,5)6/h7-11,16H,3H2,1-2,4-6H3/q+1/b8-7-. The van der Waals surface area contributed by atoms with Gasteiger partial charge < -0.3 is 5.32 Å². The van der Waals surface area contributed by atoms with Crippen molar-refractivity contribution in [2.45, 2.75) is 13.8 Å². The van der Waals surface area contributed by atoms with E-state index in [0.29, 0.717) is 0 Å². The van der Waals surface area contributed by atoms with Crippen LogP contribution in [-0.2, 0) is 0 Å². The van der Waals surface area contributed by atoms with Crippen molar-refractivity contribution in [3.63, 3.8) is 0 Å². The molecule has 1 aromatic carbocycles. The molecule has 0 bridgehead atoms. The molecule has 0 aromatic heterocycles. The number of benzene rings is 1. The Kier molecular flexibility index (Phi) is 4.13. The van der Waals surface area contributed by atoms with Crippen LogP contribution in [0.25, 0.3) is 0 Å². The second-order valence-electron chi connectivity index (χ2n) is 5.18. The van der Waals surface area contributed by atoms with Gasteiger partial charge in [-0.3, -0.25) is 4.48 Å². The van der Waals surface area contributed by atoms with Crippen molar-refractivity contribution in [3.05, 3.63) is 48.2 Å². The van der Waals surface area contributed by atoms with Gasteiger partial charge in [0.25, 0.3) is 0 Å². The van der Waals surface area contributed by atoms with Gasteiger partial charge in [0.05, 0.1) is 21.1 Å². The number of quaternary nitrogens is 1. The highest BCUT2D eigenvalue weighted by atomic mass is 15.3. The molecular formula is C15H23N2+. The highest BCUT2D eigenvalue weighted by Gasteiger charge is 2.17. The number of nitrogens with zero attached hydrogens (tertiary/aromatic N) is 1. The number of rotatable bonds is 4. The minimum Gasteiger partial charge on any atom is -0.351 e. The summed E-state index contributed by atoms with van der Waals surface area (Å²) in [7, 11) is 6.50. The van der Waals surface area contributed by atoms with E-state index >= 15 is 0 Å². The van der Waals surface area contributed by atoms with Gasteiger partial charge in [-0.2, -0.15) is 0 Å². The molecule has 0 spiro atoms. The molecule has 1 rings (SSSR count). The van der Waals surface area contributed by atoms with E-state index in [2.05, 4.69) is 58.2 Å². The summed E-state index contributed by atoms with van der Waals surface area (Å²) in [6.45, 7) is 8.08. The van der Waals surface area contributed by atoms with Gasteiger partial charge in [0.2, 0.25) is 0 Å². The third-order valence-corrected chi connectivity index (χ3v) is 2.54. The molecular weight excluding hydrogens is 208 g/mol. The van der Waals surface area contributed by atoms with E-state index in [4.69, 9.17) is 0 Å². The van der Waals surface area contributed by atoms with E-state index in [1.807, 2.05) is 19.1 Å². The number of aryl methyl sites for hydroxylation is 1. The zero-order valence-electron chi connectivity index (χ0n) is 11.5. The fourth-order valence-electron chi connectivity index (χ4n) is 1.72. The highest BCUT2D eigenvalue weighted by molar-refractivity contribution is 5.70. The molecule has 0 heterocycles. The van der Waals surface area contributed by atoms with Crippen LogP contribution in [0.2, 0.25) is 0 Å². The normalized spacial score (nSPS) is 11.8. The Morgan fingerprint density at radius 3 is 2.47 bits per heavy atom. The number of nitrogens with one attached hydrogen (secondary N) is 1. The van der Waals surface area contributed by atoms with E-state index in [1.54, 1.807) is 0 Å². The monoisotopic (exact) mass is 231 g/mol. The van der Waals surface area contributed by atoms with Crippen LogP contribution in [0.15, 0.2) is 42.6 Å². The van der Waals surface area contributed by atoms with Crippen LogP contribution < -0.4 is 9.80 Å². The van der Waals surface area contributed by atoms with Gasteiger partial charge in [-0.15, -0.1) is 0 Å². The van der Waals surface area contributed by atoms with Gasteiger partial charge in [-0.05, 0) is 31.6 Å². The van der Waals surface area contributed by atoms with Crippen molar-refractivity contribution in [2.75, 3.05) is 26.5 Å². The second-order valence-corrected chi connectivity index (χ2v) is 5.18. The maximum Gasteiger partial charge on any atom is 0.156 e. The topological polar surface area (TPSA) is 12.0 Å². The maximum absolute atomic E-state index is 3.98. The quantitative estimate of drug-likeness (QED) is 0.615. The highest BCUT2D eigenvalue weighted by Crippen LogP contribution is 2.29. The summed E-state index contributed by atoms with van der Waals surface area (Å²) >= 11 is 0. The number of hydrogen-bond donors (Lipinski definition) is 1. The van der Waals surface area contributed by atoms with E-state index in [9.17, 15) is 0 Å². The molecule has 0 amide bonds. The van der Waals surface area contributed by atoms with E-state index in [-0.39, 0.29) is 0 Å². The van der Waals surface area contributed by atoms with Crippen LogP contribution >= 0.6 is 0 Å². The van der Waals surface area contributed by atoms with Gasteiger partial charge >= 0.3 is 0 Å². The molecule has 0 saturated carbocycles. The maximum atomic E-state index is 3.98. The summed E-state index contributed by atoms with van der Waals surface area (Å²) in [6, 6.07) is 6.44. The first-order valence-corrected chi connectivity index (χ1v) is 5.86. The van der Waals surface area contributed by atoms with Gasteiger partial charge in [-0.25, -0.2) is 0 Å². The fourth-order valence-corrected chi connectivity index (χ4v) is 1.72. The van der Waals surface area contributed by atoms with Gasteiger partial charge in [0.15, 0.2) is 5.69 Å². The van der Waals surface area contributed by atoms with E-state index < -0.39 is 0 Å². The molecule has 0 saturated heterocycles. The summed E-state index contributed by atoms with van der Waals surface area (Å²) in [4.78, 5) is 0. The van der Waals surface area contributed by atoms with Crippen molar-refractivity contribution < 1.29 is 0 Å². The molecule has 0 aliphatic carbocycles. The Labute approximate surface area is 105 Å². The van der Waals surface area contributed by atoms with Crippen molar-refractivity contribution >= 4 is 11.4 Å². The summed E-state index contributed by atoms with van der Waals surface area (Å²) in [5.41, 5.74) is 4.56. The number of allylic oxidation sites excluding steroid dienone is 2. The lowest BCUT2D eigenvalue weighted by Gasteiger charge is -2.26. The Balaban J connectivity index is 3.11. The van der Waals surface area contributed by atoms with Crippen molar-refractivity contribution in [2.24, 2.45) is 0 Å². The average Bonchev–Trinajstić information content (AvgIpc) is 2.19. The van der Waals surface area contributed by atoms with E-state index in [0.717, 1.165) is 15.9 Å². The van der Waals surface area contributed by atoms with Gasteiger partial charge in [0, 0.05) is 11.8 Å². The molecule has 1 aromatic rings. The Morgan fingerprint density at radius 2 is 1.94 bits per heavy atom. The molecule has 0 unspecified atom stereocenters. The molecule has 0 radical (unpaired) electrons. The molecule has 0 atom stereocenters. The minimum absolute atomic E-state index is 0.785. The lowest BCUT2D eigenvalue weighted by atomic mass is 10.1. The third-order valence-electron chi connectivity index (χ3n) is 2.54. The lowest BCUT2D eigenvalue weighted by Crippen LogP contribution is -2.35. The first-order chi connectivity index (χ1) is 7.84. The minimum atomic E-state index is 0.785. The first-order valence-electron chi connectivity index (χ1n) is 5.86. The van der Waals surface area contributed by atoms with Crippen LogP contribution in [0.1, 0.15) is 12.5 Å². The van der Waals surface area contributed by atoms with Crippen molar-refractivity contribution in [3.8, 4) is 0 Å². The Morgan fingerprint density at radius 1 is 1.29 bits per heavy atom. The SMILES string of the molecule is C=C(/C=C\C)Nc1ccc(C)cc1[N+](C)(C)C. The molecule has 1 N–H and O–H groups in total. The molecule has 17 heavy (non-hydrogen) atoms. The summed E-state index contributed by atoms with van der Waals surface area (Å²) in [5, 5.41) is 3.35. The van der Waals surface area contributed by atoms with Crippen LogP contribution in [0.4, 0.5) is 11.4 Å². The molecule has 0 aliphatic rings. The molecule has 0 aliphatic heterocycles. The number of anilines is 1. The van der Waals surface area contributed by atoms with E-state index in [1.165, 1.54) is 11.3 Å². The summed E-state index contributed by atoms with van der Waals surface area (Å²) in [5.74, 6) is 0. The molecule has 0 fully saturated rings. The smallest absolute Gasteiger partial charge is 0.156 e. The zero-order chi connectivity index (χ0) is 13.1. The predicted octanol–water partition coefficient (Wildman–Crippen LogP) is 3.69. The molecule has 92 valence electrons. The Hall–Kier alpha value is -1.54. The lowest BCUT2D eigenvalue weighted by molar-refractivity contribution is 0.487. The van der Waals surface area contributed by atoms with Crippen LogP contribution in [0, 0.1) is 6.92 Å². The Bertz CT molecular complexity index is 437. The van der Waals surface area contributed by atoms with Gasteiger partial charge in [0.1, 0.15) is 5.69 Å². The largest absolute Gasteiger partial charge is 0.351 e.